The number of hydrogen-bond donors (Lipinski definition) is 0. The largest absolute Gasteiger partial charge is 0.416 e. The average Bonchev–Trinajstić information content (AvgIpc) is 3.03. The second kappa shape index (κ2) is 6.44. The Hall–Kier alpha value is -1.90. The fraction of sp³-hybridized carbons (Fsp3) is 0.0625. The van der Waals surface area contributed by atoms with Gasteiger partial charge in [-0.3, -0.25) is 0 Å². The number of aromatic nitrogens is 1. The van der Waals surface area contributed by atoms with Gasteiger partial charge in [-0.25, -0.2) is 13.4 Å². The molecule has 0 atom stereocenters. The Bertz CT molecular complexity index is 1010. The molecule has 0 aliphatic heterocycles. The SMILES string of the molecule is O=S(=O)(Cl)c1ccc(-c2cnc(-c3cccc(C(F)(F)F)c3)s2)cc1. The van der Waals surface area contributed by atoms with Crippen molar-refractivity contribution >= 4 is 31.1 Å². The highest BCUT2D eigenvalue weighted by Crippen LogP contribution is 2.36. The van der Waals surface area contributed by atoms with Gasteiger partial charge in [-0.05, 0) is 29.8 Å². The molecule has 0 aliphatic carbocycles. The molecule has 9 heteroatoms. The van der Waals surface area contributed by atoms with Gasteiger partial charge in [0.1, 0.15) is 5.01 Å². The molecule has 0 fully saturated rings. The first-order chi connectivity index (χ1) is 11.6. The monoisotopic (exact) mass is 403 g/mol. The summed E-state index contributed by atoms with van der Waals surface area (Å²) in [7, 11) is 1.46. The second-order valence-electron chi connectivity index (χ2n) is 5.07. The maximum Gasteiger partial charge on any atom is 0.416 e. The zero-order valence-corrected chi connectivity index (χ0v) is 14.7. The molecule has 25 heavy (non-hydrogen) atoms. The molecule has 3 rings (SSSR count). The van der Waals surface area contributed by atoms with E-state index in [1.165, 1.54) is 35.7 Å². The summed E-state index contributed by atoms with van der Waals surface area (Å²) >= 11 is 1.21. The molecule has 2 aromatic carbocycles. The summed E-state index contributed by atoms with van der Waals surface area (Å²) in [6.45, 7) is 0. The summed E-state index contributed by atoms with van der Waals surface area (Å²) in [4.78, 5) is 4.84. The van der Waals surface area contributed by atoms with E-state index in [1.54, 1.807) is 18.2 Å². The Kier molecular flexibility index (Phi) is 4.61. The number of rotatable bonds is 3. The number of thiazole rings is 1. The van der Waals surface area contributed by atoms with E-state index < -0.39 is 20.8 Å². The number of halogens is 4. The summed E-state index contributed by atoms with van der Waals surface area (Å²) in [6, 6.07) is 10.8. The average molecular weight is 404 g/mol. The first-order valence-corrected chi connectivity index (χ1v) is 9.96. The highest BCUT2D eigenvalue weighted by Gasteiger charge is 2.30. The minimum atomic E-state index is -4.42. The van der Waals surface area contributed by atoms with Crippen LogP contribution in [-0.4, -0.2) is 13.4 Å². The third-order valence-electron chi connectivity index (χ3n) is 3.36. The fourth-order valence-corrected chi connectivity index (χ4v) is 3.84. The van der Waals surface area contributed by atoms with Crippen molar-refractivity contribution in [3.05, 3.63) is 60.3 Å². The van der Waals surface area contributed by atoms with E-state index in [1.807, 2.05) is 0 Å². The Morgan fingerprint density at radius 1 is 1.00 bits per heavy atom. The van der Waals surface area contributed by atoms with Gasteiger partial charge in [0.2, 0.25) is 0 Å². The Morgan fingerprint density at radius 2 is 1.68 bits per heavy atom. The van der Waals surface area contributed by atoms with Crippen molar-refractivity contribution in [3.63, 3.8) is 0 Å². The summed E-state index contributed by atoms with van der Waals surface area (Å²) in [5.74, 6) is 0. The number of benzene rings is 2. The second-order valence-corrected chi connectivity index (χ2v) is 8.67. The van der Waals surface area contributed by atoms with Crippen LogP contribution in [0.5, 0.6) is 0 Å². The maximum absolute atomic E-state index is 12.8. The van der Waals surface area contributed by atoms with E-state index in [-0.39, 0.29) is 4.90 Å². The van der Waals surface area contributed by atoms with Crippen LogP contribution in [0.25, 0.3) is 21.0 Å². The van der Waals surface area contributed by atoms with E-state index in [2.05, 4.69) is 4.98 Å². The van der Waals surface area contributed by atoms with Gasteiger partial charge in [-0.2, -0.15) is 13.2 Å². The number of alkyl halides is 3. The minimum Gasteiger partial charge on any atom is -0.244 e. The van der Waals surface area contributed by atoms with Gasteiger partial charge in [0.15, 0.2) is 0 Å². The van der Waals surface area contributed by atoms with E-state index in [9.17, 15) is 21.6 Å². The highest BCUT2D eigenvalue weighted by molar-refractivity contribution is 8.13. The van der Waals surface area contributed by atoms with Gasteiger partial charge in [0, 0.05) is 22.4 Å². The molecule has 0 bridgehead atoms. The van der Waals surface area contributed by atoms with Gasteiger partial charge >= 0.3 is 6.18 Å². The van der Waals surface area contributed by atoms with Gasteiger partial charge < -0.3 is 0 Å². The maximum atomic E-state index is 12.8. The normalized spacial score (nSPS) is 12.3. The molecular formula is C16H9ClF3NO2S2. The van der Waals surface area contributed by atoms with Crippen LogP contribution in [0.4, 0.5) is 13.2 Å². The zero-order valence-electron chi connectivity index (χ0n) is 12.3. The van der Waals surface area contributed by atoms with Crippen molar-refractivity contribution in [1.82, 2.24) is 4.98 Å². The first kappa shape index (κ1) is 17.9. The summed E-state index contributed by atoms with van der Waals surface area (Å²) in [5.41, 5.74) is 0.323. The minimum absolute atomic E-state index is 0.0273. The molecular weight excluding hydrogens is 395 g/mol. The summed E-state index contributed by atoms with van der Waals surface area (Å²) < 4.78 is 60.9. The molecule has 3 nitrogen and oxygen atoms in total. The molecule has 0 unspecified atom stereocenters. The van der Waals surface area contributed by atoms with Gasteiger partial charge in [-0.1, -0.05) is 24.3 Å². The van der Waals surface area contributed by atoms with Crippen molar-refractivity contribution in [2.45, 2.75) is 11.1 Å². The molecule has 130 valence electrons. The van der Waals surface area contributed by atoms with E-state index >= 15 is 0 Å². The van der Waals surface area contributed by atoms with E-state index in [4.69, 9.17) is 10.7 Å². The molecule has 0 saturated heterocycles. The van der Waals surface area contributed by atoms with Crippen LogP contribution in [0.15, 0.2) is 59.6 Å². The smallest absolute Gasteiger partial charge is 0.244 e. The molecule has 0 spiro atoms. The molecule has 1 heterocycles. The van der Waals surface area contributed by atoms with E-state index in [0.29, 0.717) is 21.0 Å². The molecule has 1 aromatic heterocycles. The van der Waals surface area contributed by atoms with Crippen molar-refractivity contribution in [2.75, 3.05) is 0 Å². The third kappa shape index (κ3) is 4.02. The predicted molar refractivity (Wildman–Crippen MR) is 91.0 cm³/mol. The fourth-order valence-electron chi connectivity index (χ4n) is 2.15. The lowest BCUT2D eigenvalue weighted by molar-refractivity contribution is -0.137. The standard InChI is InChI=1S/C16H9ClF3NO2S2/c17-25(22,23)13-6-4-10(5-7-13)14-9-21-15(24-14)11-2-1-3-12(8-11)16(18,19)20/h1-9H. The predicted octanol–water partition coefficient (Wildman–Crippen LogP) is 5.42. The van der Waals surface area contributed by atoms with Crippen LogP contribution < -0.4 is 0 Å². The summed E-state index contributed by atoms with van der Waals surface area (Å²) in [6.07, 6.45) is -2.89. The van der Waals surface area contributed by atoms with Gasteiger partial charge in [0.25, 0.3) is 9.05 Å². The number of nitrogens with zero attached hydrogens (tertiary/aromatic N) is 1. The Morgan fingerprint density at radius 3 is 2.28 bits per heavy atom. The molecule has 3 aromatic rings. The third-order valence-corrected chi connectivity index (χ3v) is 5.83. The number of hydrogen-bond acceptors (Lipinski definition) is 4. The molecule has 0 radical (unpaired) electrons. The van der Waals surface area contributed by atoms with E-state index in [0.717, 1.165) is 12.1 Å². The van der Waals surface area contributed by atoms with Crippen LogP contribution in [0.3, 0.4) is 0 Å². The molecule has 0 amide bonds. The summed E-state index contributed by atoms with van der Waals surface area (Å²) in [5, 5.41) is 0.440. The lowest BCUT2D eigenvalue weighted by Crippen LogP contribution is -2.04. The topological polar surface area (TPSA) is 47.0 Å². The van der Waals surface area contributed by atoms with Crippen molar-refractivity contribution in [3.8, 4) is 21.0 Å². The molecule has 0 N–H and O–H groups in total. The molecule has 0 saturated carbocycles. The van der Waals surface area contributed by atoms with Gasteiger partial charge in [-0.15, -0.1) is 11.3 Å². The van der Waals surface area contributed by atoms with Crippen LogP contribution in [-0.2, 0) is 15.2 Å². The lowest BCUT2D eigenvalue weighted by Gasteiger charge is -2.07. The van der Waals surface area contributed by atoms with Crippen LogP contribution >= 0.6 is 22.0 Å². The van der Waals surface area contributed by atoms with Crippen LogP contribution in [0.1, 0.15) is 5.56 Å². The Balaban J connectivity index is 1.93. The van der Waals surface area contributed by atoms with Crippen molar-refractivity contribution in [2.24, 2.45) is 0 Å². The first-order valence-electron chi connectivity index (χ1n) is 6.83. The molecule has 0 aliphatic rings. The lowest BCUT2D eigenvalue weighted by atomic mass is 10.1. The van der Waals surface area contributed by atoms with Crippen LogP contribution in [0.2, 0.25) is 0 Å². The highest BCUT2D eigenvalue weighted by atomic mass is 35.7. The quantitative estimate of drug-likeness (QED) is 0.548. The van der Waals surface area contributed by atoms with Gasteiger partial charge in [0.05, 0.1) is 15.3 Å². The van der Waals surface area contributed by atoms with Crippen molar-refractivity contribution in [1.29, 1.82) is 0 Å². The van der Waals surface area contributed by atoms with Crippen LogP contribution in [0, 0.1) is 0 Å². The zero-order chi connectivity index (χ0) is 18.2. The Labute approximate surface area is 150 Å². The van der Waals surface area contributed by atoms with Crippen molar-refractivity contribution < 1.29 is 21.6 Å².